The molecule has 3 fully saturated rings. The zero-order valence-corrected chi connectivity index (χ0v) is 30.2. The predicted octanol–water partition coefficient (Wildman–Crippen LogP) is 3.36. The molecule has 0 radical (unpaired) electrons. The summed E-state index contributed by atoms with van der Waals surface area (Å²) in [5.74, 6) is -0.468. The van der Waals surface area contributed by atoms with E-state index in [2.05, 4.69) is 13.7 Å². The lowest BCUT2D eigenvalue weighted by Gasteiger charge is -2.25. The first kappa shape index (κ1) is 42.5. The molecule has 1 aromatic carbocycles. The van der Waals surface area contributed by atoms with Gasteiger partial charge in [-0.25, -0.2) is 9.59 Å². The van der Waals surface area contributed by atoms with Crippen molar-refractivity contribution < 1.29 is 61.0 Å². The molecule has 15 heteroatoms. The Morgan fingerprint density at radius 3 is 2.12 bits per heavy atom. The van der Waals surface area contributed by atoms with Crippen molar-refractivity contribution in [3.8, 4) is 0 Å². The molecule has 3 saturated heterocycles. The number of cyclic esters (lactones) is 1. The summed E-state index contributed by atoms with van der Waals surface area (Å²) in [6.07, 6.45) is 1.03. The molecule has 5 heterocycles. The second kappa shape index (κ2) is 23.7. The van der Waals surface area contributed by atoms with E-state index in [1.54, 1.807) is 40.4 Å². The molecule has 3 unspecified atom stereocenters. The van der Waals surface area contributed by atoms with Crippen LogP contribution >= 0.6 is 0 Å². The maximum Gasteiger partial charge on any atom is 0.519 e. The SMILES string of the molecule is COC1CCOC1.COC1OC(=O)c2ccccc21.COCC1COC(C)(C)O1.COCCN1CCOCC1.COCc1oc(=O)oc1C. The van der Waals surface area contributed by atoms with E-state index in [0.29, 0.717) is 36.4 Å². The van der Waals surface area contributed by atoms with Crippen molar-refractivity contribution in [1.82, 2.24) is 4.90 Å². The van der Waals surface area contributed by atoms with Crippen LogP contribution in [-0.2, 0) is 54.0 Å². The Balaban J connectivity index is 0.000000215. The molecule has 280 valence electrons. The van der Waals surface area contributed by atoms with Crippen LogP contribution in [0.25, 0.3) is 0 Å². The van der Waals surface area contributed by atoms with Crippen LogP contribution in [0.5, 0.6) is 0 Å². The normalized spacial score (nSPS) is 22.2. The number of rotatable bonds is 9. The molecule has 0 saturated carbocycles. The van der Waals surface area contributed by atoms with Gasteiger partial charge in [0.2, 0.25) is 6.29 Å². The number of morpholine rings is 1. The third kappa shape index (κ3) is 16.2. The molecule has 49 heavy (non-hydrogen) atoms. The van der Waals surface area contributed by atoms with Gasteiger partial charge < -0.3 is 56.2 Å². The summed E-state index contributed by atoms with van der Waals surface area (Å²) in [6.45, 7) is 14.4. The van der Waals surface area contributed by atoms with E-state index in [4.69, 9.17) is 47.4 Å². The van der Waals surface area contributed by atoms with E-state index in [1.165, 1.54) is 14.2 Å². The summed E-state index contributed by atoms with van der Waals surface area (Å²) < 4.78 is 59.6. The minimum absolute atomic E-state index is 0.111. The molecule has 0 aliphatic carbocycles. The van der Waals surface area contributed by atoms with E-state index in [-0.39, 0.29) is 18.7 Å². The third-order valence-corrected chi connectivity index (χ3v) is 7.33. The van der Waals surface area contributed by atoms with Gasteiger partial charge >= 0.3 is 11.8 Å². The monoisotopic (exact) mass is 701 g/mol. The number of nitrogens with zero attached hydrogens (tertiary/aromatic N) is 1. The van der Waals surface area contributed by atoms with Crippen molar-refractivity contribution >= 4 is 5.97 Å². The van der Waals surface area contributed by atoms with Crippen LogP contribution in [-0.4, -0.2) is 130 Å². The lowest BCUT2D eigenvalue weighted by molar-refractivity contribution is -0.143. The molecule has 0 spiro atoms. The molecule has 0 bridgehead atoms. The Morgan fingerprint density at radius 1 is 0.878 bits per heavy atom. The van der Waals surface area contributed by atoms with E-state index < -0.39 is 17.9 Å². The fraction of sp³-hybridized carbons (Fsp3) is 0.706. The molecule has 4 aliphatic rings. The molecular formula is C34H55NO14. The largest absolute Gasteiger partial charge is 0.519 e. The molecule has 4 aliphatic heterocycles. The minimum atomic E-state index is -0.676. The Kier molecular flexibility index (Phi) is 20.5. The number of fused-ring (bicyclic) bond motifs is 1. The van der Waals surface area contributed by atoms with Gasteiger partial charge in [-0.3, -0.25) is 4.90 Å². The maximum atomic E-state index is 11.1. The van der Waals surface area contributed by atoms with Crippen molar-refractivity contribution in [1.29, 1.82) is 0 Å². The number of methoxy groups -OCH3 is 5. The van der Waals surface area contributed by atoms with Crippen molar-refractivity contribution in [3.63, 3.8) is 0 Å². The molecule has 6 rings (SSSR count). The van der Waals surface area contributed by atoms with Crippen molar-refractivity contribution in [2.45, 2.75) is 58.1 Å². The van der Waals surface area contributed by atoms with Gasteiger partial charge in [-0.15, -0.1) is 0 Å². The number of carbonyl (C=O) groups excluding carboxylic acids is 1. The fourth-order valence-electron chi connectivity index (χ4n) is 4.70. The van der Waals surface area contributed by atoms with Gasteiger partial charge in [0.05, 0.1) is 51.3 Å². The van der Waals surface area contributed by atoms with E-state index in [0.717, 1.165) is 64.7 Å². The van der Waals surface area contributed by atoms with Gasteiger partial charge in [0.1, 0.15) is 18.5 Å². The molecule has 3 atom stereocenters. The number of aryl methyl sites for hydroxylation is 1. The highest BCUT2D eigenvalue weighted by Gasteiger charge is 2.32. The Hall–Kier alpha value is -2.70. The smallest absolute Gasteiger partial charge is 0.428 e. The van der Waals surface area contributed by atoms with Crippen LogP contribution in [0, 0.1) is 6.92 Å². The van der Waals surface area contributed by atoms with Crippen LogP contribution in [0.2, 0.25) is 0 Å². The van der Waals surface area contributed by atoms with Gasteiger partial charge in [-0.2, -0.15) is 0 Å². The minimum Gasteiger partial charge on any atom is -0.428 e. The summed E-state index contributed by atoms with van der Waals surface area (Å²) >= 11 is 0. The Morgan fingerprint density at radius 2 is 1.61 bits per heavy atom. The Labute approximate surface area is 288 Å². The lowest BCUT2D eigenvalue weighted by Crippen LogP contribution is -2.38. The first-order chi connectivity index (χ1) is 23.6. The summed E-state index contributed by atoms with van der Waals surface area (Å²) in [5.41, 5.74) is 1.41. The number of carbonyl (C=O) groups is 1. The maximum absolute atomic E-state index is 11.1. The number of esters is 1. The van der Waals surface area contributed by atoms with Crippen LogP contribution < -0.4 is 5.82 Å². The quantitative estimate of drug-likeness (QED) is 0.351. The van der Waals surface area contributed by atoms with Gasteiger partial charge in [0.25, 0.3) is 0 Å². The molecule has 2 aromatic rings. The first-order valence-electron chi connectivity index (χ1n) is 16.2. The molecule has 1 aromatic heterocycles. The van der Waals surface area contributed by atoms with Crippen LogP contribution in [0.15, 0.2) is 37.9 Å². The highest BCUT2D eigenvalue weighted by Crippen LogP contribution is 2.30. The van der Waals surface area contributed by atoms with E-state index in [9.17, 15) is 9.59 Å². The van der Waals surface area contributed by atoms with Crippen molar-refractivity contribution in [3.05, 3.63) is 57.5 Å². The highest BCUT2D eigenvalue weighted by molar-refractivity contribution is 5.93. The van der Waals surface area contributed by atoms with Crippen molar-refractivity contribution in [2.24, 2.45) is 0 Å². The number of ether oxygens (including phenoxy) is 10. The van der Waals surface area contributed by atoms with E-state index in [1.807, 2.05) is 26.0 Å². The number of benzene rings is 1. The summed E-state index contributed by atoms with van der Waals surface area (Å²) in [7, 11) is 8.15. The van der Waals surface area contributed by atoms with Crippen molar-refractivity contribution in [2.75, 3.05) is 101 Å². The topological polar surface area (TPSA) is 156 Å². The number of hydrogen-bond acceptors (Lipinski definition) is 15. The standard InChI is InChI=1S/C9H8O3.C7H15NO2.C7H14O3.C6H8O4.C5H10O2/c1-11-9-7-5-3-2-4-6(7)8(10)12-9;1-9-5-2-8-3-6-10-7-4-8;1-7(2)9-5-6(10-7)4-8-3;1-4-5(3-8-2)10-6(7)9-4;1-6-5-2-3-7-4-5/h2-5,9H,1H3;2-7H2,1H3;6H,4-5H2,1-3H3;3H2,1-2H3;5H,2-4H2,1H3. The summed E-state index contributed by atoms with van der Waals surface area (Å²) in [5, 5.41) is 0. The average molecular weight is 702 g/mol. The van der Waals surface area contributed by atoms with Gasteiger partial charge in [0, 0.05) is 67.4 Å². The highest BCUT2D eigenvalue weighted by atomic mass is 16.7. The van der Waals surface area contributed by atoms with Gasteiger partial charge in [-0.1, -0.05) is 18.2 Å². The molecule has 0 amide bonds. The zero-order valence-electron chi connectivity index (χ0n) is 30.2. The van der Waals surface area contributed by atoms with Gasteiger partial charge in [0.15, 0.2) is 11.5 Å². The second-order valence-corrected chi connectivity index (χ2v) is 11.5. The molecule has 15 nitrogen and oxygen atoms in total. The van der Waals surface area contributed by atoms with Crippen LogP contribution in [0.1, 0.15) is 54.0 Å². The van der Waals surface area contributed by atoms with Crippen LogP contribution in [0.4, 0.5) is 0 Å². The predicted molar refractivity (Wildman–Crippen MR) is 176 cm³/mol. The second-order valence-electron chi connectivity index (χ2n) is 11.5. The van der Waals surface area contributed by atoms with Crippen LogP contribution in [0.3, 0.4) is 0 Å². The summed E-state index contributed by atoms with van der Waals surface area (Å²) in [4.78, 5) is 23.9. The fourth-order valence-corrected chi connectivity index (χ4v) is 4.70. The van der Waals surface area contributed by atoms with E-state index >= 15 is 0 Å². The zero-order chi connectivity index (χ0) is 36.1. The average Bonchev–Trinajstić information content (AvgIpc) is 3.89. The third-order valence-electron chi connectivity index (χ3n) is 7.33. The summed E-state index contributed by atoms with van der Waals surface area (Å²) in [6, 6.07) is 7.22. The Bertz CT molecular complexity index is 1220. The van der Waals surface area contributed by atoms with Gasteiger partial charge in [-0.05, 0) is 33.3 Å². The lowest BCUT2D eigenvalue weighted by atomic mass is 10.1. The number of hydrogen-bond donors (Lipinski definition) is 0. The molecule has 0 N–H and O–H groups in total. The first-order valence-corrected chi connectivity index (χ1v) is 16.2. The molecular weight excluding hydrogens is 646 g/mol.